The summed E-state index contributed by atoms with van der Waals surface area (Å²) >= 11 is 0. The first-order valence-corrected chi connectivity index (χ1v) is 6.44. The molecule has 1 atom stereocenters. The number of benzene rings is 1. The smallest absolute Gasteiger partial charge is 0.339 e. The number of ether oxygens (including phenoxy) is 1. The lowest BCUT2D eigenvalue weighted by atomic mass is 10.1. The molecule has 0 spiro atoms. The molecular weight excluding hydrogens is 249 g/mol. The largest absolute Gasteiger partial charge is 0.493 e. The number of aromatic carboxylic acids is 1. The van der Waals surface area contributed by atoms with Gasteiger partial charge in [-0.1, -0.05) is 0 Å². The first-order chi connectivity index (χ1) is 9.08. The Morgan fingerprint density at radius 1 is 1.58 bits per heavy atom. The maximum atomic E-state index is 13.0. The van der Waals surface area contributed by atoms with E-state index >= 15 is 0 Å². The molecule has 1 unspecified atom stereocenters. The van der Waals surface area contributed by atoms with Crippen LogP contribution in [0.5, 0.6) is 5.75 Å². The Kier molecular flexibility index (Phi) is 4.37. The molecule has 1 aromatic rings. The van der Waals surface area contributed by atoms with Gasteiger partial charge in [-0.25, -0.2) is 9.18 Å². The fraction of sp³-hybridized carbons (Fsp3) is 0.500. The molecular formula is C14H18FNO3. The first-order valence-electron chi connectivity index (χ1n) is 6.44. The highest BCUT2D eigenvalue weighted by Crippen LogP contribution is 2.22. The minimum absolute atomic E-state index is 0.125. The second kappa shape index (κ2) is 6.02. The SMILES string of the molecule is CN1CCCC1CCOc1ccc(F)cc1C(=O)O. The average Bonchev–Trinajstić information content (AvgIpc) is 2.77. The van der Waals surface area contributed by atoms with Gasteiger partial charge in [-0.3, -0.25) is 0 Å². The molecule has 1 aliphatic heterocycles. The third-order valence-corrected chi connectivity index (χ3v) is 3.55. The third-order valence-electron chi connectivity index (χ3n) is 3.55. The summed E-state index contributed by atoms with van der Waals surface area (Å²) in [5.74, 6) is -1.51. The molecule has 2 rings (SSSR count). The maximum absolute atomic E-state index is 13.0. The molecule has 1 aromatic carbocycles. The Bertz CT molecular complexity index is 464. The fourth-order valence-electron chi connectivity index (χ4n) is 2.44. The lowest BCUT2D eigenvalue weighted by Crippen LogP contribution is -2.26. The van der Waals surface area contributed by atoms with E-state index in [-0.39, 0.29) is 11.3 Å². The molecule has 0 aromatic heterocycles. The van der Waals surface area contributed by atoms with Crippen molar-refractivity contribution < 1.29 is 19.0 Å². The number of likely N-dealkylation sites (tertiary alicyclic amines) is 1. The minimum Gasteiger partial charge on any atom is -0.493 e. The van der Waals surface area contributed by atoms with Crippen molar-refractivity contribution in [3.05, 3.63) is 29.6 Å². The summed E-state index contributed by atoms with van der Waals surface area (Å²) in [5.41, 5.74) is -0.125. The summed E-state index contributed by atoms with van der Waals surface area (Å²) in [6.45, 7) is 1.54. The first kappa shape index (κ1) is 13.8. The van der Waals surface area contributed by atoms with Crippen molar-refractivity contribution in [1.29, 1.82) is 0 Å². The van der Waals surface area contributed by atoms with Crippen LogP contribution >= 0.6 is 0 Å². The monoisotopic (exact) mass is 267 g/mol. The molecule has 0 saturated carbocycles. The van der Waals surface area contributed by atoms with Crippen LogP contribution in [0.25, 0.3) is 0 Å². The van der Waals surface area contributed by atoms with E-state index in [1.54, 1.807) is 0 Å². The number of carboxylic acids is 1. The second-order valence-electron chi connectivity index (χ2n) is 4.86. The van der Waals surface area contributed by atoms with Crippen LogP contribution in [0.1, 0.15) is 29.6 Å². The quantitative estimate of drug-likeness (QED) is 0.890. The molecule has 0 amide bonds. The van der Waals surface area contributed by atoms with Gasteiger partial charge in [0.1, 0.15) is 17.1 Å². The van der Waals surface area contributed by atoms with Crippen LogP contribution in [0.4, 0.5) is 4.39 Å². The highest BCUT2D eigenvalue weighted by Gasteiger charge is 2.21. The van der Waals surface area contributed by atoms with Gasteiger partial charge in [0.2, 0.25) is 0 Å². The second-order valence-corrected chi connectivity index (χ2v) is 4.86. The van der Waals surface area contributed by atoms with Crippen molar-refractivity contribution in [3.8, 4) is 5.75 Å². The van der Waals surface area contributed by atoms with Crippen molar-refractivity contribution in [2.75, 3.05) is 20.2 Å². The van der Waals surface area contributed by atoms with E-state index < -0.39 is 11.8 Å². The maximum Gasteiger partial charge on any atom is 0.339 e. The number of nitrogens with zero attached hydrogens (tertiary/aromatic N) is 1. The highest BCUT2D eigenvalue weighted by molar-refractivity contribution is 5.90. The predicted octanol–water partition coefficient (Wildman–Crippen LogP) is 2.39. The van der Waals surface area contributed by atoms with E-state index in [0.29, 0.717) is 12.6 Å². The van der Waals surface area contributed by atoms with Gasteiger partial charge in [0, 0.05) is 6.04 Å². The highest BCUT2D eigenvalue weighted by atomic mass is 19.1. The van der Waals surface area contributed by atoms with Gasteiger partial charge >= 0.3 is 5.97 Å². The van der Waals surface area contributed by atoms with Gasteiger partial charge in [-0.15, -0.1) is 0 Å². The molecule has 1 aliphatic rings. The van der Waals surface area contributed by atoms with Gasteiger partial charge < -0.3 is 14.7 Å². The Labute approximate surface area is 111 Å². The zero-order chi connectivity index (χ0) is 13.8. The van der Waals surface area contributed by atoms with Crippen LogP contribution < -0.4 is 4.74 Å². The van der Waals surface area contributed by atoms with Crippen molar-refractivity contribution in [2.24, 2.45) is 0 Å². The van der Waals surface area contributed by atoms with Gasteiger partial charge in [0.15, 0.2) is 0 Å². The molecule has 4 nitrogen and oxygen atoms in total. The number of carbonyl (C=O) groups is 1. The zero-order valence-corrected chi connectivity index (χ0v) is 10.9. The van der Waals surface area contributed by atoms with Gasteiger partial charge in [-0.2, -0.15) is 0 Å². The normalized spacial score (nSPS) is 19.6. The Morgan fingerprint density at radius 3 is 3.00 bits per heavy atom. The van der Waals surface area contributed by atoms with Crippen LogP contribution in [0.3, 0.4) is 0 Å². The summed E-state index contributed by atoms with van der Waals surface area (Å²) in [7, 11) is 2.08. The molecule has 1 saturated heterocycles. The van der Waals surface area contributed by atoms with Crippen molar-refractivity contribution in [2.45, 2.75) is 25.3 Å². The summed E-state index contributed by atoms with van der Waals surface area (Å²) in [5, 5.41) is 8.99. The number of halogens is 1. The number of carboxylic acid groups (broad SMARTS) is 1. The predicted molar refractivity (Wildman–Crippen MR) is 69.1 cm³/mol. The Balaban J connectivity index is 1.94. The standard InChI is InChI=1S/C14H18FNO3/c1-16-7-2-3-11(16)6-8-19-13-5-4-10(15)9-12(13)14(17)18/h4-5,9,11H,2-3,6-8H2,1H3,(H,17,18). The summed E-state index contributed by atoms with van der Waals surface area (Å²) in [6.07, 6.45) is 3.19. The van der Waals surface area contributed by atoms with Gasteiger partial charge in [-0.05, 0) is 51.1 Å². The van der Waals surface area contributed by atoms with E-state index in [0.717, 1.165) is 25.5 Å². The van der Waals surface area contributed by atoms with E-state index in [1.807, 2.05) is 0 Å². The van der Waals surface area contributed by atoms with E-state index in [1.165, 1.54) is 18.6 Å². The lowest BCUT2D eigenvalue weighted by molar-refractivity contribution is 0.0691. The van der Waals surface area contributed by atoms with Crippen LogP contribution in [0.2, 0.25) is 0 Å². The van der Waals surface area contributed by atoms with Crippen LogP contribution in [0, 0.1) is 5.82 Å². The zero-order valence-electron chi connectivity index (χ0n) is 10.9. The molecule has 1 N–H and O–H groups in total. The Hall–Kier alpha value is -1.62. The molecule has 5 heteroatoms. The third kappa shape index (κ3) is 3.44. The molecule has 0 radical (unpaired) electrons. The lowest BCUT2D eigenvalue weighted by Gasteiger charge is -2.19. The Morgan fingerprint density at radius 2 is 2.37 bits per heavy atom. The molecule has 1 fully saturated rings. The minimum atomic E-state index is -1.17. The van der Waals surface area contributed by atoms with Crippen LogP contribution in [-0.4, -0.2) is 42.2 Å². The van der Waals surface area contributed by atoms with Crippen LogP contribution in [0.15, 0.2) is 18.2 Å². The number of hydrogen-bond donors (Lipinski definition) is 1. The molecule has 0 bridgehead atoms. The molecule has 0 aliphatic carbocycles. The molecule has 104 valence electrons. The van der Waals surface area contributed by atoms with Gasteiger partial charge in [0.25, 0.3) is 0 Å². The van der Waals surface area contributed by atoms with Crippen molar-refractivity contribution >= 4 is 5.97 Å². The van der Waals surface area contributed by atoms with Crippen LogP contribution in [-0.2, 0) is 0 Å². The summed E-state index contributed by atoms with van der Waals surface area (Å²) in [4.78, 5) is 13.3. The summed E-state index contributed by atoms with van der Waals surface area (Å²) in [6, 6.07) is 4.06. The van der Waals surface area contributed by atoms with Crippen molar-refractivity contribution in [3.63, 3.8) is 0 Å². The average molecular weight is 267 g/mol. The van der Waals surface area contributed by atoms with E-state index in [4.69, 9.17) is 9.84 Å². The van der Waals surface area contributed by atoms with E-state index in [9.17, 15) is 9.18 Å². The van der Waals surface area contributed by atoms with E-state index in [2.05, 4.69) is 11.9 Å². The molecule has 1 heterocycles. The number of hydrogen-bond acceptors (Lipinski definition) is 3. The topological polar surface area (TPSA) is 49.8 Å². The van der Waals surface area contributed by atoms with Crippen molar-refractivity contribution in [1.82, 2.24) is 4.90 Å². The number of rotatable bonds is 5. The van der Waals surface area contributed by atoms with Gasteiger partial charge in [0.05, 0.1) is 6.61 Å². The summed E-state index contributed by atoms with van der Waals surface area (Å²) < 4.78 is 18.5. The molecule has 19 heavy (non-hydrogen) atoms. The fourth-order valence-corrected chi connectivity index (χ4v) is 2.44.